The Balaban J connectivity index is 1.69. The van der Waals surface area contributed by atoms with Crippen molar-refractivity contribution in [1.82, 2.24) is 9.88 Å². The molecule has 0 N–H and O–H groups in total. The van der Waals surface area contributed by atoms with E-state index in [1.165, 1.54) is 0 Å². The molecule has 0 unspecified atom stereocenters. The first-order chi connectivity index (χ1) is 10.5. The summed E-state index contributed by atoms with van der Waals surface area (Å²) < 4.78 is 40.2. The molecular weight excluding hydrogens is 299 g/mol. The SMILES string of the molecule is O=C(CCOCC(F)(F)F)N1CCN(c2ccccn2)CC1. The van der Waals surface area contributed by atoms with Crippen LogP contribution in [0.2, 0.25) is 0 Å². The molecular formula is C14H18F3N3O2. The predicted octanol–water partition coefficient (Wildman–Crippen LogP) is 1.70. The van der Waals surface area contributed by atoms with Crippen molar-refractivity contribution in [3.63, 3.8) is 0 Å². The molecule has 5 nitrogen and oxygen atoms in total. The summed E-state index contributed by atoms with van der Waals surface area (Å²) in [5, 5.41) is 0. The Morgan fingerprint density at radius 1 is 1.23 bits per heavy atom. The van der Waals surface area contributed by atoms with Crippen molar-refractivity contribution in [2.45, 2.75) is 12.6 Å². The average Bonchev–Trinajstić information content (AvgIpc) is 2.51. The highest BCUT2D eigenvalue weighted by Crippen LogP contribution is 2.15. The highest BCUT2D eigenvalue weighted by Gasteiger charge is 2.27. The zero-order valence-corrected chi connectivity index (χ0v) is 12.1. The van der Waals surface area contributed by atoms with E-state index in [1.54, 1.807) is 11.1 Å². The van der Waals surface area contributed by atoms with Crippen LogP contribution in [-0.2, 0) is 9.53 Å². The number of hydrogen-bond donors (Lipinski definition) is 0. The van der Waals surface area contributed by atoms with E-state index in [1.807, 2.05) is 18.2 Å². The summed E-state index contributed by atoms with van der Waals surface area (Å²) in [4.78, 5) is 19.9. The van der Waals surface area contributed by atoms with E-state index in [9.17, 15) is 18.0 Å². The molecule has 1 saturated heterocycles. The molecule has 1 aromatic heterocycles. The maximum atomic E-state index is 11.9. The third kappa shape index (κ3) is 5.18. The van der Waals surface area contributed by atoms with Crippen LogP contribution in [0.25, 0.3) is 0 Å². The van der Waals surface area contributed by atoms with Crippen LogP contribution >= 0.6 is 0 Å². The van der Waals surface area contributed by atoms with Crippen molar-refractivity contribution in [3.8, 4) is 0 Å². The molecule has 0 radical (unpaired) electrons. The van der Waals surface area contributed by atoms with Crippen molar-refractivity contribution in [2.24, 2.45) is 0 Å². The van der Waals surface area contributed by atoms with E-state index in [2.05, 4.69) is 14.6 Å². The van der Waals surface area contributed by atoms with Crippen molar-refractivity contribution in [3.05, 3.63) is 24.4 Å². The minimum Gasteiger partial charge on any atom is -0.372 e. The van der Waals surface area contributed by atoms with Crippen LogP contribution in [0.4, 0.5) is 19.0 Å². The van der Waals surface area contributed by atoms with Gasteiger partial charge in [0.2, 0.25) is 5.91 Å². The highest BCUT2D eigenvalue weighted by atomic mass is 19.4. The van der Waals surface area contributed by atoms with Crippen LogP contribution in [0.5, 0.6) is 0 Å². The van der Waals surface area contributed by atoms with Crippen LogP contribution in [0, 0.1) is 0 Å². The third-order valence-electron chi connectivity index (χ3n) is 3.33. The van der Waals surface area contributed by atoms with Gasteiger partial charge in [0.25, 0.3) is 0 Å². The number of halogens is 3. The second kappa shape index (κ2) is 7.44. The van der Waals surface area contributed by atoms with E-state index in [0.29, 0.717) is 26.2 Å². The molecule has 122 valence electrons. The molecule has 22 heavy (non-hydrogen) atoms. The third-order valence-corrected chi connectivity index (χ3v) is 3.33. The Morgan fingerprint density at radius 3 is 2.55 bits per heavy atom. The minimum atomic E-state index is -4.35. The molecule has 1 amide bonds. The lowest BCUT2D eigenvalue weighted by Gasteiger charge is -2.35. The lowest BCUT2D eigenvalue weighted by atomic mass is 10.2. The number of alkyl halides is 3. The number of pyridine rings is 1. The molecule has 8 heteroatoms. The number of piperazine rings is 1. The van der Waals surface area contributed by atoms with E-state index in [0.717, 1.165) is 5.82 Å². The number of carbonyl (C=O) groups excluding carboxylic acids is 1. The van der Waals surface area contributed by atoms with Crippen molar-refractivity contribution >= 4 is 11.7 Å². The number of nitrogens with zero attached hydrogens (tertiary/aromatic N) is 3. The Morgan fingerprint density at radius 2 is 1.95 bits per heavy atom. The van der Waals surface area contributed by atoms with Gasteiger partial charge in [-0.1, -0.05) is 6.07 Å². The molecule has 1 aliphatic rings. The molecule has 2 heterocycles. The maximum Gasteiger partial charge on any atom is 0.411 e. The summed E-state index contributed by atoms with van der Waals surface area (Å²) in [6.45, 7) is 0.869. The van der Waals surface area contributed by atoms with Crippen LogP contribution < -0.4 is 4.90 Å². The van der Waals surface area contributed by atoms with Crippen LogP contribution in [0.3, 0.4) is 0 Å². The molecule has 2 rings (SSSR count). The molecule has 1 aliphatic heterocycles. The van der Waals surface area contributed by atoms with Gasteiger partial charge in [-0.05, 0) is 12.1 Å². The van der Waals surface area contributed by atoms with Gasteiger partial charge in [0.1, 0.15) is 12.4 Å². The first-order valence-corrected chi connectivity index (χ1v) is 7.04. The molecule has 0 spiro atoms. The van der Waals surface area contributed by atoms with Gasteiger partial charge in [0.05, 0.1) is 13.0 Å². The van der Waals surface area contributed by atoms with Gasteiger partial charge in [0.15, 0.2) is 0 Å². The monoisotopic (exact) mass is 317 g/mol. The summed E-state index contributed by atoms with van der Waals surface area (Å²) in [5.41, 5.74) is 0. The molecule has 0 bridgehead atoms. The standard InChI is InChI=1S/C14H18F3N3O2/c15-14(16,17)11-22-10-4-13(21)20-8-6-19(7-9-20)12-3-1-2-5-18-12/h1-3,5H,4,6-11H2. The van der Waals surface area contributed by atoms with Crippen molar-refractivity contribution in [2.75, 3.05) is 44.3 Å². The van der Waals surface area contributed by atoms with Crippen molar-refractivity contribution in [1.29, 1.82) is 0 Å². The number of aromatic nitrogens is 1. The fourth-order valence-corrected chi connectivity index (χ4v) is 2.23. The summed E-state index contributed by atoms with van der Waals surface area (Å²) in [6.07, 6.45) is -2.66. The van der Waals surface area contributed by atoms with Gasteiger partial charge in [-0.2, -0.15) is 13.2 Å². The smallest absolute Gasteiger partial charge is 0.372 e. The number of amides is 1. The van der Waals surface area contributed by atoms with Gasteiger partial charge in [-0.25, -0.2) is 4.98 Å². The largest absolute Gasteiger partial charge is 0.411 e. The van der Waals surface area contributed by atoms with Gasteiger partial charge in [-0.15, -0.1) is 0 Å². The zero-order valence-electron chi connectivity index (χ0n) is 12.1. The Bertz CT molecular complexity index is 474. The second-order valence-corrected chi connectivity index (χ2v) is 4.97. The number of rotatable bonds is 5. The predicted molar refractivity (Wildman–Crippen MR) is 74.5 cm³/mol. The summed E-state index contributed by atoms with van der Waals surface area (Å²) in [7, 11) is 0. The Kier molecular flexibility index (Phi) is 5.59. The van der Waals surface area contributed by atoms with Gasteiger partial charge in [-0.3, -0.25) is 4.79 Å². The van der Waals surface area contributed by atoms with E-state index < -0.39 is 12.8 Å². The van der Waals surface area contributed by atoms with E-state index in [-0.39, 0.29) is 18.9 Å². The van der Waals surface area contributed by atoms with Gasteiger partial charge in [0, 0.05) is 32.4 Å². The lowest BCUT2D eigenvalue weighted by molar-refractivity contribution is -0.175. The fraction of sp³-hybridized carbons (Fsp3) is 0.571. The number of hydrogen-bond acceptors (Lipinski definition) is 4. The first kappa shape index (κ1) is 16.5. The minimum absolute atomic E-state index is 0.0281. The van der Waals surface area contributed by atoms with Crippen LogP contribution in [0.15, 0.2) is 24.4 Å². The first-order valence-electron chi connectivity index (χ1n) is 7.04. The van der Waals surface area contributed by atoms with Crippen LogP contribution in [-0.4, -0.2) is 61.4 Å². The Hall–Kier alpha value is -1.83. The zero-order chi connectivity index (χ0) is 16.0. The average molecular weight is 317 g/mol. The molecule has 0 atom stereocenters. The van der Waals surface area contributed by atoms with E-state index in [4.69, 9.17) is 0 Å². The number of anilines is 1. The van der Waals surface area contributed by atoms with Gasteiger partial charge < -0.3 is 14.5 Å². The highest BCUT2D eigenvalue weighted by molar-refractivity contribution is 5.76. The summed E-state index contributed by atoms with van der Waals surface area (Å²) >= 11 is 0. The molecule has 0 aliphatic carbocycles. The van der Waals surface area contributed by atoms with E-state index >= 15 is 0 Å². The lowest BCUT2D eigenvalue weighted by Crippen LogP contribution is -2.49. The normalized spacial score (nSPS) is 16.0. The summed E-state index contributed by atoms with van der Waals surface area (Å²) in [5.74, 6) is 0.686. The Labute approximate surface area is 126 Å². The summed E-state index contributed by atoms with van der Waals surface area (Å²) in [6, 6.07) is 5.64. The molecule has 0 saturated carbocycles. The molecule has 1 aromatic rings. The topological polar surface area (TPSA) is 45.7 Å². The molecule has 0 aromatic carbocycles. The fourth-order valence-electron chi connectivity index (χ4n) is 2.23. The number of ether oxygens (including phenoxy) is 1. The number of carbonyl (C=O) groups is 1. The second-order valence-electron chi connectivity index (χ2n) is 4.97. The quantitative estimate of drug-likeness (QED) is 0.776. The maximum absolute atomic E-state index is 11.9. The van der Waals surface area contributed by atoms with Crippen LogP contribution in [0.1, 0.15) is 6.42 Å². The van der Waals surface area contributed by atoms with Crippen molar-refractivity contribution < 1.29 is 22.7 Å². The molecule has 1 fully saturated rings. The van der Waals surface area contributed by atoms with Gasteiger partial charge >= 0.3 is 6.18 Å².